The summed E-state index contributed by atoms with van der Waals surface area (Å²) in [6.07, 6.45) is 1.51. The summed E-state index contributed by atoms with van der Waals surface area (Å²) in [6, 6.07) is 10.2. The number of benzene rings is 2. The number of carbonyl (C=O) groups is 1. The minimum Gasteiger partial charge on any atom is -0.459 e. The number of esters is 1. The Labute approximate surface area is 210 Å². The standard InChI is InChI=1S/C26H23ClN2O5S/c1-13(2)34-25(31)22-15(4)28-26-29(23(22)16-5-7-18(27)8-6-16)24(30)21(35-26)11-17-10-20-19(9-14(17)3)32-12-33-20/h5-11,13,23H,12H2,1-4H3. The van der Waals surface area contributed by atoms with Crippen LogP contribution in [0.5, 0.6) is 11.5 Å². The number of thiazole rings is 1. The molecule has 2 aliphatic rings. The minimum absolute atomic E-state index is 0.177. The van der Waals surface area contributed by atoms with Crippen LogP contribution in [0.3, 0.4) is 0 Å². The Morgan fingerprint density at radius 1 is 1.20 bits per heavy atom. The van der Waals surface area contributed by atoms with Gasteiger partial charge in [0.2, 0.25) is 6.79 Å². The van der Waals surface area contributed by atoms with Crippen molar-refractivity contribution in [2.45, 2.75) is 39.8 Å². The molecule has 0 N–H and O–H groups in total. The molecule has 180 valence electrons. The second-order valence-corrected chi connectivity index (χ2v) is 10.1. The van der Waals surface area contributed by atoms with Crippen molar-refractivity contribution < 1.29 is 19.0 Å². The van der Waals surface area contributed by atoms with Gasteiger partial charge in [0.05, 0.1) is 27.9 Å². The fourth-order valence-electron chi connectivity index (χ4n) is 4.18. The van der Waals surface area contributed by atoms with Crippen LogP contribution in [-0.4, -0.2) is 23.4 Å². The molecule has 5 rings (SSSR count). The van der Waals surface area contributed by atoms with E-state index in [9.17, 15) is 9.59 Å². The summed E-state index contributed by atoms with van der Waals surface area (Å²) in [6.45, 7) is 7.46. The van der Waals surface area contributed by atoms with Crippen LogP contribution in [0.15, 0.2) is 57.5 Å². The zero-order valence-corrected chi connectivity index (χ0v) is 21.2. The van der Waals surface area contributed by atoms with E-state index < -0.39 is 12.0 Å². The molecule has 2 aromatic carbocycles. The molecule has 1 atom stereocenters. The third-order valence-corrected chi connectivity index (χ3v) is 7.05. The quantitative estimate of drug-likeness (QED) is 0.498. The molecule has 7 nitrogen and oxygen atoms in total. The molecule has 0 aliphatic carbocycles. The van der Waals surface area contributed by atoms with Gasteiger partial charge in [0.25, 0.3) is 5.56 Å². The molecule has 0 spiro atoms. The van der Waals surface area contributed by atoms with Crippen molar-refractivity contribution >= 4 is 35.0 Å². The van der Waals surface area contributed by atoms with E-state index in [1.807, 2.05) is 37.3 Å². The zero-order valence-electron chi connectivity index (χ0n) is 19.6. The number of allylic oxidation sites excluding steroid dienone is 1. The molecule has 0 fully saturated rings. The average Bonchev–Trinajstić information content (AvgIpc) is 3.36. The topological polar surface area (TPSA) is 79.1 Å². The maximum atomic E-state index is 13.7. The zero-order chi connectivity index (χ0) is 24.9. The first-order chi connectivity index (χ1) is 16.7. The van der Waals surface area contributed by atoms with Crippen LogP contribution in [0.1, 0.15) is 43.5 Å². The molecule has 35 heavy (non-hydrogen) atoms. The number of nitrogens with zero attached hydrogens (tertiary/aromatic N) is 2. The van der Waals surface area contributed by atoms with Gasteiger partial charge in [-0.25, -0.2) is 9.79 Å². The largest absolute Gasteiger partial charge is 0.459 e. The predicted octanol–water partition coefficient (Wildman–Crippen LogP) is 3.88. The van der Waals surface area contributed by atoms with Gasteiger partial charge in [-0.2, -0.15) is 0 Å². The highest BCUT2D eigenvalue weighted by molar-refractivity contribution is 7.07. The highest BCUT2D eigenvalue weighted by Crippen LogP contribution is 2.35. The molecule has 1 unspecified atom stereocenters. The molecule has 2 aliphatic heterocycles. The van der Waals surface area contributed by atoms with Gasteiger partial charge in [-0.1, -0.05) is 35.1 Å². The number of hydrogen-bond acceptors (Lipinski definition) is 7. The van der Waals surface area contributed by atoms with E-state index in [-0.39, 0.29) is 18.5 Å². The van der Waals surface area contributed by atoms with Gasteiger partial charge in [-0.15, -0.1) is 0 Å². The molecular formula is C26H23ClN2O5S. The fourth-order valence-corrected chi connectivity index (χ4v) is 5.34. The number of rotatable bonds is 4. The second-order valence-electron chi connectivity index (χ2n) is 8.65. The Morgan fingerprint density at radius 2 is 1.89 bits per heavy atom. The number of aromatic nitrogens is 1. The molecule has 1 aromatic heterocycles. The Kier molecular flexibility index (Phi) is 6.02. The van der Waals surface area contributed by atoms with Crippen molar-refractivity contribution in [3.8, 4) is 11.5 Å². The molecule has 0 saturated heterocycles. The minimum atomic E-state index is -0.685. The van der Waals surface area contributed by atoms with E-state index >= 15 is 0 Å². The first kappa shape index (κ1) is 23.4. The highest BCUT2D eigenvalue weighted by Gasteiger charge is 2.33. The monoisotopic (exact) mass is 510 g/mol. The summed E-state index contributed by atoms with van der Waals surface area (Å²) in [4.78, 5) is 32.0. The van der Waals surface area contributed by atoms with Gasteiger partial charge in [-0.3, -0.25) is 9.36 Å². The number of halogens is 1. The third-order valence-electron chi connectivity index (χ3n) is 5.82. The SMILES string of the molecule is CC1=C(C(=O)OC(C)C)C(c2ccc(Cl)cc2)n2c(sc(=Cc3cc4c(cc3C)OCO4)c2=O)=N1. The summed E-state index contributed by atoms with van der Waals surface area (Å²) in [5.41, 5.74) is 3.14. The van der Waals surface area contributed by atoms with Crippen LogP contribution < -0.4 is 24.4 Å². The predicted molar refractivity (Wildman–Crippen MR) is 134 cm³/mol. The summed E-state index contributed by atoms with van der Waals surface area (Å²) in [7, 11) is 0. The van der Waals surface area contributed by atoms with Crippen molar-refractivity contribution in [3.05, 3.63) is 89.1 Å². The summed E-state index contributed by atoms with van der Waals surface area (Å²) < 4.78 is 18.5. The second kappa shape index (κ2) is 9.02. The summed E-state index contributed by atoms with van der Waals surface area (Å²) in [5, 5.41) is 0.562. The molecule has 0 saturated carbocycles. The van der Waals surface area contributed by atoms with Crippen LogP contribution in [0, 0.1) is 6.92 Å². The van der Waals surface area contributed by atoms with Crippen LogP contribution >= 0.6 is 22.9 Å². The van der Waals surface area contributed by atoms with Crippen molar-refractivity contribution in [3.63, 3.8) is 0 Å². The van der Waals surface area contributed by atoms with Crippen LogP contribution in [0.4, 0.5) is 0 Å². The average molecular weight is 511 g/mol. The first-order valence-corrected chi connectivity index (χ1v) is 12.3. The van der Waals surface area contributed by atoms with Gasteiger partial charge >= 0.3 is 5.97 Å². The molecule has 3 heterocycles. The number of ether oxygens (including phenoxy) is 3. The van der Waals surface area contributed by atoms with Gasteiger partial charge in [0.15, 0.2) is 16.3 Å². The number of fused-ring (bicyclic) bond motifs is 2. The summed E-state index contributed by atoms with van der Waals surface area (Å²) in [5.74, 6) is 0.832. The molecule has 3 aromatic rings. The molecule has 0 amide bonds. The highest BCUT2D eigenvalue weighted by atomic mass is 35.5. The third kappa shape index (κ3) is 4.28. The molecule has 0 bridgehead atoms. The van der Waals surface area contributed by atoms with E-state index in [0.717, 1.165) is 16.7 Å². The van der Waals surface area contributed by atoms with E-state index in [1.54, 1.807) is 37.5 Å². The van der Waals surface area contributed by atoms with E-state index in [2.05, 4.69) is 4.99 Å². The smallest absolute Gasteiger partial charge is 0.338 e. The van der Waals surface area contributed by atoms with Crippen LogP contribution in [0.2, 0.25) is 5.02 Å². The number of aryl methyl sites for hydroxylation is 1. The lowest BCUT2D eigenvalue weighted by atomic mass is 9.96. The van der Waals surface area contributed by atoms with Gasteiger partial charge in [0.1, 0.15) is 0 Å². The Morgan fingerprint density at radius 3 is 2.57 bits per heavy atom. The fraction of sp³-hybridized carbons (Fsp3) is 0.269. The molecule has 9 heteroatoms. The van der Waals surface area contributed by atoms with Gasteiger partial charge < -0.3 is 14.2 Å². The van der Waals surface area contributed by atoms with Gasteiger partial charge in [-0.05, 0) is 74.7 Å². The van der Waals surface area contributed by atoms with Gasteiger partial charge in [0, 0.05) is 5.02 Å². The van der Waals surface area contributed by atoms with Crippen LogP contribution in [-0.2, 0) is 9.53 Å². The van der Waals surface area contributed by atoms with E-state index in [0.29, 0.717) is 37.1 Å². The Hall–Kier alpha value is -3.36. The normalized spacial score (nSPS) is 17.0. The van der Waals surface area contributed by atoms with Crippen molar-refractivity contribution in [2.75, 3.05) is 6.79 Å². The number of carbonyl (C=O) groups excluding carboxylic acids is 1. The maximum Gasteiger partial charge on any atom is 0.338 e. The van der Waals surface area contributed by atoms with Crippen molar-refractivity contribution in [1.29, 1.82) is 0 Å². The van der Waals surface area contributed by atoms with Crippen molar-refractivity contribution in [2.24, 2.45) is 4.99 Å². The van der Waals surface area contributed by atoms with Crippen LogP contribution in [0.25, 0.3) is 6.08 Å². The summed E-state index contributed by atoms with van der Waals surface area (Å²) >= 11 is 7.39. The first-order valence-electron chi connectivity index (χ1n) is 11.1. The van der Waals surface area contributed by atoms with E-state index in [1.165, 1.54) is 11.3 Å². The Balaban J connectivity index is 1.70. The lowest BCUT2D eigenvalue weighted by Crippen LogP contribution is -2.40. The molecular weight excluding hydrogens is 488 g/mol. The molecule has 0 radical (unpaired) electrons. The maximum absolute atomic E-state index is 13.7. The lowest BCUT2D eigenvalue weighted by molar-refractivity contribution is -0.143. The van der Waals surface area contributed by atoms with E-state index in [4.69, 9.17) is 25.8 Å². The van der Waals surface area contributed by atoms with Crippen molar-refractivity contribution in [1.82, 2.24) is 4.57 Å². The Bertz CT molecular complexity index is 1550. The lowest BCUT2D eigenvalue weighted by Gasteiger charge is -2.25. The number of hydrogen-bond donors (Lipinski definition) is 0.